The van der Waals surface area contributed by atoms with E-state index in [-0.39, 0.29) is 18.4 Å². The first-order chi connectivity index (χ1) is 15.9. The minimum atomic E-state index is -0.735. The van der Waals surface area contributed by atoms with Gasteiger partial charge in [-0.15, -0.1) is 0 Å². The van der Waals surface area contributed by atoms with Gasteiger partial charge in [-0.2, -0.15) is 0 Å². The topological polar surface area (TPSA) is 98.0 Å². The number of ether oxygens (including phenoxy) is 2. The number of piperazine rings is 1. The molecule has 0 unspecified atom stereocenters. The second-order valence-electron chi connectivity index (χ2n) is 7.83. The molecule has 1 aliphatic heterocycles. The number of nitrogen functional groups attached to an aromatic ring is 1. The quantitative estimate of drug-likeness (QED) is 0.548. The number of aromatic nitrogens is 1. The normalized spacial score (nSPS) is 17.4. The molecule has 0 aliphatic carbocycles. The number of fused-ring (bicyclic) bond motifs is 1. The van der Waals surface area contributed by atoms with Gasteiger partial charge in [0.1, 0.15) is 6.04 Å². The van der Waals surface area contributed by atoms with Crippen LogP contribution in [-0.2, 0) is 20.9 Å². The molecule has 10 heteroatoms. The fraction of sp³-hybridized carbons (Fsp3) is 0.348. The van der Waals surface area contributed by atoms with Gasteiger partial charge in [-0.1, -0.05) is 35.1 Å². The van der Waals surface area contributed by atoms with Crippen LogP contribution in [0.15, 0.2) is 42.6 Å². The lowest BCUT2D eigenvalue weighted by Gasteiger charge is -2.42. The smallest absolute Gasteiger partial charge is 0.261 e. The molecule has 3 aromatic rings. The number of nitrogens with two attached hydrogens (primary N) is 1. The van der Waals surface area contributed by atoms with Gasteiger partial charge in [0.05, 0.1) is 16.0 Å². The van der Waals surface area contributed by atoms with Gasteiger partial charge in [0, 0.05) is 44.0 Å². The molecular formula is C23H25ClN4O4S. The number of carbonyl (C=O) groups is 2. The van der Waals surface area contributed by atoms with Crippen LogP contribution >= 0.6 is 22.9 Å². The van der Waals surface area contributed by atoms with Gasteiger partial charge < -0.3 is 25.0 Å². The predicted octanol–water partition coefficient (Wildman–Crippen LogP) is 3.19. The van der Waals surface area contributed by atoms with E-state index >= 15 is 0 Å². The van der Waals surface area contributed by atoms with Crippen LogP contribution in [0, 0.1) is 0 Å². The SMILES string of the molecule is CO[C@@H](C)[C@H]1C(=O)N(Cc2ccc3c(N)ccnc3c2)CCN1C(=O)COc1ccc(Cl)s1. The molecule has 33 heavy (non-hydrogen) atoms. The van der Waals surface area contributed by atoms with Crippen LogP contribution in [0.5, 0.6) is 5.06 Å². The van der Waals surface area contributed by atoms with Gasteiger partial charge in [-0.3, -0.25) is 14.6 Å². The fourth-order valence-corrected chi connectivity index (χ4v) is 4.82. The van der Waals surface area contributed by atoms with Crippen molar-refractivity contribution < 1.29 is 19.1 Å². The summed E-state index contributed by atoms with van der Waals surface area (Å²) in [4.78, 5) is 34.0. The summed E-state index contributed by atoms with van der Waals surface area (Å²) in [5.41, 5.74) is 8.40. The molecule has 2 atom stereocenters. The Morgan fingerprint density at radius 1 is 1.30 bits per heavy atom. The van der Waals surface area contributed by atoms with Crippen LogP contribution < -0.4 is 10.5 Å². The van der Waals surface area contributed by atoms with Gasteiger partial charge in [-0.25, -0.2) is 0 Å². The Morgan fingerprint density at radius 3 is 2.85 bits per heavy atom. The van der Waals surface area contributed by atoms with Crippen LogP contribution in [-0.4, -0.2) is 65.6 Å². The van der Waals surface area contributed by atoms with E-state index in [9.17, 15) is 9.59 Å². The summed E-state index contributed by atoms with van der Waals surface area (Å²) in [6, 6.07) is 10.2. The van der Waals surface area contributed by atoms with Crippen molar-refractivity contribution in [3.8, 4) is 5.06 Å². The number of rotatable bonds is 7. The number of hydrogen-bond donors (Lipinski definition) is 1. The molecule has 2 N–H and O–H groups in total. The molecule has 0 saturated carbocycles. The zero-order valence-corrected chi connectivity index (χ0v) is 19.9. The van der Waals surface area contributed by atoms with Crippen molar-refractivity contribution in [3.63, 3.8) is 0 Å². The maximum Gasteiger partial charge on any atom is 0.261 e. The number of methoxy groups -OCH3 is 1. The molecule has 2 amide bonds. The molecule has 8 nitrogen and oxygen atoms in total. The van der Waals surface area contributed by atoms with Crippen molar-refractivity contribution in [3.05, 3.63) is 52.5 Å². The first-order valence-electron chi connectivity index (χ1n) is 10.5. The van der Waals surface area contributed by atoms with Crippen LogP contribution in [0.3, 0.4) is 0 Å². The molecule has 1 aliphatic rings. The van der Waals surface area contributed by atoms with E-state index in [0.717, 1.165) is 16.5 Å². The third kappa shape index (κ3) is 5.05. The molecule has 1 saturated heterocycles. The van der Waals surface area contributed by atoms with E-state index in [0.29, 0.717) is 34.7 Å². The van der Waals surface area contributed by atoms with E-state index < -0.39 is 12.1 Å². The monoisotopic (exact) mass is 488 g/mol. The lowest BCUT2D eigenvalue weighted by molar-refractivity contribution is -0.159. The Labute approximate surface area is 200 Å². The maximum atomic E-state index is 13.4. The highest BCUT2D eigenvalue weighted by Crippen LogP contribution is 2.28. The Bertz CT molecular complexity index is 1170. The number of thiophene rings is 1. The summed E-state index contributed by atoms with van der Waals surface area (Å²) in [6.45, 7) is 2.81. The van der Waals surface area contributed by atoms with Crippen LogP contribution in [0.25, 0.3) is 10.9 Å². The third-order valence-corrected chi connectivity index (χ3v) is 6.89. The lowest BCUT2D eigenvalue weighted by atomic mass is 10.0. The van der Waals surface area contributed by atoms with Gasteiger partial charge in [0.25, 0.3) is 5.91 Å². The standard InChI is InChI=1S/C23H25ClN4O4S/c1-14(31-2)22-23(30)27(12-15-3-4-16-17(25)7-8-26-18(16)11-15)9-10-28(22)20(29)13-32-21-6-5-19(24)33-21/h3-8,11,14,22H,9-10,12-13H2,1-2H3,(H2,25,26)/t14-,22-/m0/s1. The van der Waals surface area contributed by atoms with Gasteiger partial charge in [0.2, 0.25) is 5.91 Å². The Balaban J connectivity index is 1.48. The van der Waals surface area contributed by atoms with Crippen molar-refractivity contribution in [2.75, 3.05) is 32.5 Å². The minimum absolute atomic E-state index is 0.163. The summed E-state index contributed by atoms with van der Waals surface area (Å²) < 4.78 is 11.6. The van der Waals surface area contributed by atoms with Crippen molar-refractivity contribution in [2.45, 2.75) is 25.6 Å². The second kappa shape index (κ2) is 9.94. The summed E-state index contributed by atoms with van der Waals surface area (Å²) in [6.07, 6.45) is 1.19. The number of carbonyl (C=O) groups excluding carboxylic acids is 2. The lowest BCUT2D eigenvalue weighted by Crippen LogP contribution is -2.62. The molecule has 0 bridgehead atoms. The number of benzene rings is 1. The number of pyridine rings is 1. The molecule has 1 fully saturated rings. The summed E-state index contributed by atoms with van der Waals surface area (Å²) in [7, 11) is 1.53. The summed E-state index contributed by atoms with van der Waals surface area (Å²) in [5.74, 6) is -0.435. The van der Waals surface area contributed by atoms with Gasteiger partial charge >= 0.3 is 0 Å². The van der Waals surface area contributed by atoms with E-state index in [1.165, 1.54) is 18.4 Å². The molecule has 4 rings (SSSR count). The van der Waals surface area contributed by atoms with Crippen molar-refractivity contribution in [1.29, 1.82) is 0 Å². The van der Waals surface area contributed by atoms with E-state index in [2.05, 4.69) is 4.98 Å². The summed E-state index contributed by atoms with van der Waals surface area (Å²) >= 11 is 7.17. The molecule has 0 spiro atoms. The van der Waals surface area contributed by atoms with Crippen LogP contribution in [0.2, 0.25) is 4.34 Å². The predicted molar refractivity (Wildman–Crippen MR) is 128 cm³/mol. The first-order valence-corrected chi connectivity index (χ1v) is 11.7. The number of nitrogens with zero attached hydrogens (tertiary/aromatic N) is 3. The highest BCUT2D eigenvalue weighted by molar-refractivity contribution is 7.17. The van der Waals surface area contributed by atoms with E-state index in [1.54, 1.807) is 41.1 Å². The second-order valence-corrected chi connectivity index (χ2v) is 9.51. The highest BCUT2D eigenvalue weighted by atomic mass is 35.5. The molecule has 1 aromatic carbocycles. The molecular weight excluding hydrogens is 464 g/mol. The third-order valence-electron chi connectivity index (χ3n) is 5.75. The highest BCUT2D eigenvalue weighted by Gasteiger charge is 2.41. The Morgan fingerprint density at radius 2 is 2.12 bits per heavy atom. The van der Waals surface area contributed by atoms with E-state index in [4.69, 9.17) is 26.8 Å². The maximum absolute atomic E-state index is 13.4. The average Bonchev–Trinajstić information content (AvgIpc) is 3.23. The Kier molecular flexibility index (Phi) is 7.02. The van der Waals surface area contributed by atoms with Gasteiger partial charge in [-0.05, 0) is 36.8 Å². The molecule has 3 heterocycles. The first kappa shape index (κ1) is 23.3. The molecule has 2 aromatic heterocycles. The van der Waals surface area contributed by atoms with Crippen molar-refractivity contribution in [1.82, 2.24) is 14.8 Å². The molecule has 174 valence electrons. The number of amides is 2. The fourth-order valence-electron chi connectivity index (χ4n) is 3.94. The largest absolute Gasteiger partial charge is 0.474 e. The molecule has 0 radical (unpaired) electrons. The van der Waals surface area contributed by atoms with Crippen molar-refractivity contribution in [2.24, 2.45) is 0 Å². The zero-order chi connectivity index (χ0) is 23.5. The zero-order valence-electron chi connectivity index (χ0n) is 18.4. The van der Waals surface area contributed by atoms with Crippen molar-refractivity contribution >= 4 is 51.3 Å². The Hall–Kier alpha value is -2.88. The number of hydrogen-bond acceptors (Lipinski definition) is 7. The van der Waals surface area contributed by atoms with Gasteiger partial charge in [0.15, 0.2) is 11.7 Å². The minimum Gasteiger partial charge on any atom is -0.474 e. The number of halogens is 1. The number of anilines is 1. The van der Waals surface area contributed by atoms with Crippen LogP contribution in [0.4, 0.5) is 5.69 Å². The summed E-state index contributed by atoms with van der Waals surface area (Å²) in [5, 5.41) is 1.43. The van der Waals surface area contributed by atoms with Crippen LogP contribution in [0.1, 0.15) is 12.5 Å². The average molecular weight is 489 g/mol. The van der Waals surface area contributed by atoms with E-state index in [1.807, 2.05) is 18.2 Å².